The zero-order valence-corrected chi connectivity index (χ0v) is 11.8. The number of aryl methyl sites for hydroxylation is 1. The van der Waals surface area contributed by atoms with Gasteiger partial charge in [-0.05, 0) is 24.5 Å². The summed E-state index contributed by atoms with van der Waals surface area (Å²) >= 11 is 0. The van der Waals surface area contributed by atoms with Gasteiger partial charge in [-0.3, -0.25) is 4.79 Å². The van der Waals surface area contributed by atoms with Gasteiger partial charge in [0.25, 0.3) is 0 Å². The number of rotatable bonds is 4. The van der Waals surface area contributed by atoms with Crippen molar-refractivity contribution in [3.05, 3.63) is 35.4 Å². The standard InChI is InChI=1S/C15H22N2O2/c1-11-6-4-5-7-12(11)10-17(2)15(18)14-8-13(19-3)9-16-14/h4-7,13-14,16H,8-10H2,1-3H3. The quantitative estimate of drug-likeness (QED) is 0.890. The van der Waals surface area contributed by atoms with Crippen molar-refractivity contribution < 1.29 is 9.53 Å². The molecule has 0 saturated carbocycles. The van der Waals surface area contributed by atoms with Crippen LogP contribution in [0.4, 0.5) is 0 Å². The summed E-state index contributed by atoms with van der Waals surface area (Å²) in [5, 5.41) is 3.22. The number of nitrogens with one attached hydrogen (secondary N) is 1. The first kappa shape index (κ1) is 14.0. The van der Waals surface area contributed by atoms with Crippen molar-refractivity contribution in [2.45, 2.75) is 32.0 Å². The Morgan fingerprint density at radius 1 is 1.47 bits per heavy atom. The molecule has 1 aliphatic heterocycles. The molecule has 2 rings (SSSR count). The zero-order valence-electron chi connectivity index (χ0n) is 11.8. The first-order valence-corrected chi connectivity index (χ1v) is 6.67. The normalized spacial score (nSPS) is 22.5. The Labute approximate surface area is 114 Å². The van der Waals surface area contributed by atoms with Crippen LogP contribution in [0.3, 0.4) is 0 Å². The maximum absolute atomic E-state index is 12.3. The molecule has 1 N–H and O–H groups in total. The van der Waals surface area contributed by atoms with Crippen LogP contribution in [0, 0.1) is 6.92 Å². The lowest BCUT2D eigenvalue weighted by molar-refractivity contribution is -0.132. The molecule has 1 fully saturated rings. The van der Waals surface area contributed by atoms with E-state index in [0.717, 1.165) is 13.0 Å². The Morgan fingerprint density at radius 3 is 2.84 bits per heavy atom. The molecule has 0 radical (unpaired) electrons. The van der Waals surface area contributed by atoms with Crippen LogP contribution < -0.4 is 5.32 Å². The molecule has 2 atom stereocenters. The summed E-state index contributed by atoms with van der Waals surface area (Å²) in [6, 6.07) is 8.05. The summed E-state index contributed by atoms with van der Waals surface area (Å²) in [5.74, 6) is 0.141. The molecule has 1 saturated heterocycles. The van der Waals surface area contributed by atoms with Crippen LogP contribution in [0.25, 0.3) is 0 Å². The molecule has 1 aromatic rings. The van der Waals surface area contributed by atoms with E-state index in [2.05, 4.69) is 24.4 Å². The molecule has 104 valence electrons. The molecular formula is C15H22N2O2. The second-order valence-electron chi connectivity index (χ2n) is 5.18. The second kappa shape index (κ2) is 6.17. The van der Waals surface area contributed by atoms with Crippen LogP contribution >= 0.6 is 0 Å². The van der Waals surface area contributed by atoms with Gasteiger partial charge in [-0.15, -0.1) is 0 Å². The van der Waals surface area contributed by atoms with Crippen molar-refractivity contribution in [1.82, 2.24) is 10.2 Å². The maximum Gasteiger partial charge on any atom is 0.239 e. The Hall–Kier alpha value is -1.39. The number of nitrogens with zero attached hydrogens (tertiary/aromatic N) is 1. The number of carbonyl (C=O) groups excluding carboxylic acids is 1. The van der Waals surface area contributed by atoms with Gasteiger partial charge in [0.1, 0.15) is 0 Å². The molecule has 19 heavy (non-hydrogen) atoms. The summed E-state index contributed by atoms with van der Waals surface area (Å²) in [4.78, 5) is 14.1. The fourth-order valence-electron chi connectivity index (χ4n) is 2.46. The number of ether oxygens (including phenoxy) is 1. The topological polar surface area (TPSA) is 41.6 Å². The fourth-order valence-corrected chi connectivity index (χ4v) is 2.46. The lowest BCUT2D eigenvalue weighted by Gasteiger charge is -2.22. The molecule has 0 spiro atoms. The number of amides is 1. The predicted molar refractivity (Wildman–Crippen MR) is 74.9 cm³/mol. The maximum atomic E-state index is 12.3. The third kappa shape index (κ3) is 3.33. The van der Waals surface area contributed by atoms with Gasteiger partial charge in [-0.25, -0.2) is 0 Å². The van der Waals surface area contributed by atoms with Gasteiger partial charge in [0.15, 0.2) is 0 Å². The predicted octanol–water partition coefficient (Wildman–Crippen LogP) is 1.33. The van der Waals surface area contributed by atoms with Gasteiger partial charge < -0.3 is 15.0 Å². The molecule has 4 nitrogen and oxygen atoms in total. The van der Waals surface area contributed by atoms with E-state index in [1.165, 1.54) is 11.1 Å². The highest BCUT2D eigenvalue weighted by molar-refractivity contribution is 5.82. The number of carbonyl (C=O) groups is 1. The molecule has 1 aliphatic rings. The number of hydrogen-bond donors (Lipinski definition) is 1. The lowest BCUT2D eigenvalue weighted by Crippen LogP contribution is -2.41. The molecule has 1 aromatic carbocycles. The van der Waals surface area contributed by atoms with E-state index >= 15 is 0 Å². The van der Waals surface area contributed by atoms with Crippen molar-refractivity contribution in [2.75, 3.05) is 20.7 Å². The van der Waals surface area contributed by atoms with Gasteiger partial charge in [0, 0.05) is 27.2 Å². The number of benzene rings is 1. The third-order valence-electron chi connectivity index (χ3n) is 3.77. The molecule has 0 bridgehead atoms. The Morgan fingerprint density at radius 2 is 2.21 bits per heavy atom. The van der Waals surface area contributed by atoms with E-state index in [9.17, 15) is 4.79 Å². The molecule has 4 heteroatoms. The minimum absolute atomic E-state index is 0.112. The fraction of sp³-hybridized carbons (Fsp3) is 0.533. The highest BCUT2D eigenvalue weighted by Gasteiger charge is 2.31. The highest BCUT2D eigenvalue weighted by atomic mass is 16.5. The van der Waals surface area contributed by atoms with Gasteiger partial charge in [-0.2, -0.15) is 0 Å². The van der Waals surface area contributed by atoms with Crippen molar-refractivity contribution in [2.24, 2.45) is 0 Å². The monoisotopic (exact) mass is 262 g/mol. The summed E-state index contributed by atoms with van der Waals surface area (Å²) in [7, 11) is 3.55. The van der Waals surface area contributed by atoms with E-state index in [-0.39, 0.29) is 18.1 Å². The highest BCUT2D eigenvalue weighted by Crippen LogP contribution is 2.14. The molecule has 1 amide bonds. The van der Waals surface area contributed by atoms with Crippen LogP contribution in [0.5, 0.6) is 0 Å². The molecule has 2 unspecified atom stereocenters. The minimum atomic E-state index is -0.112. The average molecular weight is 262 g/mol. The van der Waals surface area contributed by atoms with Crippen molar-refractivity contribution in [3.8, 4) is 0 Å². The average Bonchev–Trinajstić information content (AvgIpc) is 2.89. The lowest BCUT2D eigenvalue weighted by atomic mass is 10.1. The van der Waals surface area contributed by atoms with Crippen molar-refractivity contribution >= 4 is 5.91 Å². The SMILES string of the molecule is COC1CNC(C(=O)N(C)Cc2ccccc2C)C1. The first-order valence-electron chi connectivity index (χ1n) is 6.67. The van der Waals surface area contributed by atoms with Gasteiger partial charge in [-0.1, -0.05) is 24.3 Å². The summed E-state index contributed by atoms with van der Waals surface area (Å²) in [6.07, 6.45) is 0.911. The zero-order chi connectivity index (χ0) is 13.8. The van der Waals surface area contributed by atoms with Crippen LogP contribution in [-0.4, -0.2) is 43.7 Å². The Balaban J connectivity index is 1.95. The van der Waals surface area contributed by atoms with E-state index in [1.807, 2.05) is 19.2 Å². The van der Waals surface area contributed by atoms with Crippen LogP contribution in [0.15, 0.2) is 24.3 Å². The number of likely N-dealkylation sites (N-methyl/N-ethyl adjacent to an activating group) is 1. The van der Waals surface area contributed by atoms with Gasteiger partial charge in [0.2, 0.25) is 5.91 Å². The number of hydrogen-bond acceptors (Lipinski definition) is 3. The van der Waals surface area contributed by atoms with Gasteiger partial charge in [0.05, 0.1) is 12.1 Å². The van der Waals surface area contributed by atoms with E-state index in [4.69, 9.17) is 4.74 Å². The number of methoxy groups -OCH3 is 1. The first-order chi connectivity index (χ1) is 9.11. The molecule has 0 aromatic heterocycles. The summed E-state index contributed by atoms with van der Waals surface area (Å²) < 4.78 is 5.28. The largest absolute Gasteiger partial charge is 0.380 e. The van der Waals surface area contributed by atoms with E-state index in [0.29, 0.717) is 6.54 Å². The van der Waals surface area contributed by atoms with Crippen LogP contribution in [0.2, 0.25) is 0 Å². The van der Waals surface area contributed by atoms with E-state index < -0.39 is 0 Å². The third-order valence-corrected chi connectivity index (χ3v) is 3.77. The summed E-state index contributed by atoms with van der Waals surface area (Å²) in [6.45, 7) is 3.48. The van der Waals surface area contributed by atoms with Gasteiger partial charge >= 0.3 is 0 Å². The van der Waals surface area contributed by atoms with Crippen molar-refractivity contribution in [3.63, 3.8) is 0 Å². The Kier molecular flexibility index (Phi) is 4.56. The Bertz CT molecular complexity index is 448. The van der Waals surface area contributed by atoms with Crippen LogP contribution in [0.1, 0.15) is 17.5 Å². The minimum Gasteiger partial charge on any atom is -0.380 e. The van der Waals surface area contributed by atoms with E-state index in [1.54, 1.807) is 12.0 Å². The summed E-state index contributed by atoms with van der Waals surface area (Å²) in [5.41, 5.74) is 2.41. The second-order valence-corrected chi connectivity index (χ2v) is 5.18. The molecular weight excluding hydrogens is 240 g/mol. The smallest absolute Gasteiger partial charge is 0.239 e. The van der Waals surface area contributed by atoms with Crippen LogP contribution in [-0.2, 0) is 16.1 Å². The molecule has 1 heterocycles. The molecule has 0 aliphatic carbocycles. The van der Waals surface area contributed by atoms with Crippen molar-refractivity contribution in [1.29, 1.82) is 0 Å².